The van der Waals surface area contributed by atoms with Gasteiger partial charge < -0.3 is 9.47 Å². The first-order valence-corrected chi connectivity index (χ1v) is 7.38. The molecule has 25 heavy (non-hydrogen) atoms. The smallest absolute Gasteiger partial charge is 0.337 e. The van der Waals surface area contributed by atoms with Crippen molar-refractivity contribution in [1.82, 2.24) is 9.47 Å². The number of rotatable bonds is 4. The standard InChI is InChI=1S/C17H16F4N2O2/c1-11(12-3-6-14(18)7-4-12)22(2)16(25)10-23-9-13(17(19,20)21)5-8-15(23)24/h3-9,11H,10H2,1-2H3. The molecule has 2 aromatic rings. The molecule has 0 bridgehead atoms. The number of aromatic nitrogens is 1. The number of hydrogen-bond donors (Lipinski definition) is 0. The van der Waals surface area contributed by atoms with Crippen molar-refractivity contribution in [1.29, 1.82) is 0 Å². The van der Waals surface area contributed by atoms with Gasteiger partial charge in [0.15, 0.2) is 0 Å². The van der Waals surface area contributed by atoms with Gasteiger partial charge in [0.25, 0.3) is 5.56 Å². The number of likely N-dealkylation sites (N-methyl/N-ethyl adjacent to an activating group) is 1. The minimum Gasteiger partial charge on any atom is -0.337 e. The van der Waals surface area contributed by atoms with Crippen molar-refractivity contribution in [2.24, 2.45) is 0 Å². The number of alkyl halides is 3. The molecule has 0 saturated heterocycles. The van der Waals surface area contributed by atoms with E-state index in [0.717, 1.165) is 10.6 Å². The minimum atomic E-state index is -4.61. The monoisotopic (exact) mass is 356 g/mol. The Morgan fingerprint density at radius 1 is 1.16 bits per heavy atom. The fraction of sp³-hybridized carbons (Fsp3) is 0.294. The van der Waals surface area contributed by atoms with Gasteiger partial charge in [-0.15, -0.1) is 0 Å². The maximum atomic E-state index is 13.0. The van der Waals surface area contributed by atoms with Crippen molar-refractivity contribution in [2.75, 3.05) is 7.05 Å². The summed E-state index contributed by atoms with van der Waals surface area (Å²) >= 11 is 0. The predicted molar refractivity (Wildman–Crippen MR) is 83.3 cm³/mol. The molecule has 4 nitrogen and oxygen atoms in total. The fourth-order valence-corrected chi connectivity index (χ4v) is 2.26. The third kappa shape index (κ3) is 4.46. The van der Waals surface area contributed by atoms with Crippen LogP contribution in [0.2, 0.25) is 0 Å². The van der Waals surface area contributed by atoms with E-state index in [1.165, 1.54) is 36.2 Å². The summed E-state index contributed by atoms with van der Waals surface area (Å²) in [5.41, 5.74) is -1.05. The third-order valence-corrected chi connectivity index (χ3v) is 3.94. The molecule has 0 saturated carbocycles. The van der Waals surface area contributed by atoms with E-state index >= 15 is 0 Å². The summed E-state index contributed by atoms with van der Waals surface area (Å²) in [7, 11) is 1.47. The third-order valence-electron chi connectivity index (χ3n) is 3.94. The number of hydrogen-bond acceptors (Lipinski definition) is 2. The largest absolute Gasteiger partial charge is 0.417 e. The molecule has 1 unspecified atom stereocenters. The summed E-state index contributed by atoms with van der Waals surface area (Å²) in [5.74, 6) is -0.960. The quantitative estimate of drug-likeness (QED) is 0.790. The maximum absolute atomic E-state index is 13.0. The topological polar surface area (TPSA) is 42.3 Å². The Balaban J connectivity index is 2.18. The molecule has 2 rings (SSSR count). The van der Waals surface area contributed by atoms with Crippen molar-refractivity contribution >= 4 is 5.91 Å². The molecule has 134 valence electrons. The second-order valence-corrected chi connectivity index (χ2v) is 5.61. The minimum absolute atomic E-state index is 0.416. The number of pyridine rings is 1. The summed E-state index contributed by atoms with van der Waals surface area (Å²) < 4.78 is 51.9. The summed E-state index contributed by atoms with van der Waals surface area (Å²) in [4.78, 5) is 25.3. The van der Waals surface area contributed by atoms with E-state index in [2.05, 4.69) is 0 Å². The number of benzene rings is 1. The maximum Gasteiger partial charge on any atom is 0.417 e. The van der Waals surface area contributed by atoms with Crippen LogP contribution in [0, 0.1) is 5.82 Å². The Labute approximate surface area is 141 Å². The molecule has 0 aliphatic heterocycles. The van der Waals surface area contributed by atoms with Gasteiger partial charge in [-0.1, -0.05) is 12.1 Å². The highest BCUT2D eigenvalue weighted by molar-refractivity contribution is 5.76. The van der Waals surface area contributed by atoms with Gasteiger partial charge in [0.1, 0.15) is 12.4 Å². The van der Waals surface area contributed by atoms with Crippen LogP contribution in [0.3, 0.4) is 0 Å². The lowest BCUT2D eigenvalue weighted by atomic mass is 10.1. The SMILES string of the molecule is CC(c1ccc(F)cc1)N(C)C(=O)Cn1cc(C(F)(F)F)ccc1=O. The van der Waals surface area contributed by atoms with Crippen LogP contribution < -0.4 is 5.56 Å². The van der Waals surface area contributed by atoms with Crippen LogP contribution in [0.5, 0.6) is 0 Å². The van der Waals surface area contributed by atoms with Crippen molar-refractivity contribution in [3.8, 4) is 0 Å². The summed E-state index contributed by atoms with van der Waals surface area (Å²) in [6.07, 6.45) is -3.98. The molecule has 8 heteroatoms. The van der Waals surface area contributed by atoms with Crippen LogP contribution in [-0.4, -0.2) is 22.4 Å². The number of carbonyl (C=O) groups excluding carboxylic acids is 1. The molecule has 1 aromatic carbocycles. The van der Waals surface area contributed by atoms with Gasteiger partial charge >= 0.3 is 6.18 Å². The second kappa shape index (κ2) is 7.08. The molecule has 0 spiro atoms. The lowest BCUT2D eigenvalue weighted by Gasteiger charge is -2.26. The van der Waals surface area contributed by atoms with E-state index < -0.39 is 41.6 Å². The molecule has 0 N–H and O–H groups in total. The van der Waals surface area contributed by atoms with Crippen LogP contribution in [-0.2, 0) is 17.5 Å². The Kier molecular flexibility index (Phi) is 5.30. The first-order valence-electron chi connectivity index (χ1n) is 7.38. The van der Waals surface area contributed by atoms with Gasteiger partial charge in [-0.25, -0.2) is 4.39 Å². The van der Waals surface area contributed by atoms with Crippen LogP contribution in [0.15, 0.2) is 47.4 Å². The molecule has 1 atom stereocenters. The number of halogens is 4. The molecular formula is C17H16F4N2O2. The fourth-order valence-electron chi connectivity index (χ4n) is 2.26. The van der Waals surface area contributed by atoms with Crippen molar-refractivity contribution in [2.45, 2.75) is 25.7 Å². The van der Waals surface area contributed by atoms with Gasteiger partial charge in [-0.3, -0.25) is 9.59 Å². The molecule has 0 aliphatic carbocycles. The van der Waals surface area contributed by atoms with E-state index in [1.807, 2.05) is 0 Å². The molecule has 1 heterocycles. The summed E-state index contributed by atoms with van der Waals surface area (Å²) in [6, 6.07) is 6.55. The Hall–Kier alpha value is -2.64. The van der Waals surface area contributed by atoms with Gasteiger partial charge in [0.05, 0.1) is 11.6 Å². The Morgan fingerprint density at radius 3 is 2.32 bits per heavy atom. The van der Waals surface area contributed by atoms with E-state index in [-0.39, 0.29) is 0 Å². The zero-order valence-electron chi connectivity index (χ0n) is 13.5. The average molecular weight is 356 g/mol. The highest BCUT2D eigenvalue weighted by Crippen LogP contribution is 2.28. The van der Waals surface area contributed by atoms with Gasteiger partial charge in [-0.2, -0.15) is 13.2 Å². The number of amides is 1. The number of nitrogens with zero attached hydrogens (tertiary/aromatic N) is 2. The van der Waals surface area contributed by atoms with E-state index in [4.69, 9.17) is 0 Å². The lowest BCUT2D eigenvalue weighted by Crippen LogP contribution is -2.35. The van der Waals surface area contributed by atoms with Gasteiger partial charge in [0.2, 0.25) is 5.91 Å². The second-order valence-electron chi connectivity index (χ2n) is 5.61. The lowest BCUT2D eigenvalue weighted by molar-refractivity contribution is -0.138. The normalized spacial score (nSPS) is 12.7. The van der Waals surface area contributed by atoms with E-state index in [0.29, 0.717) is 17.8 Å². The van der Waals surface area contributed by atoms with E-state index in [9.17, 15) is 27.2 Å². The van der Waals surface area contributed by atoms with Crippen LogP contribution in [0.4, 0.5) is 17.6 Å². The zero-order chi connectivity index (χ0) is 18.8. The molecule has 1 amide bonds. The van der Waals surface area contributed by atoms with Crippen molar-refractivity contribution in [3.05, 3.63) is 69.9 Å². The molecule has 1 aromatic heterocycles. The van der Waals surface area contributed by atoms with Gasteiger partial charge in [-0.05, 0) is 30.7 Å². The summed E-state index contributed by atoms with van der Waals surface area (Å²) in [5, 5.41) is 0. The van der Waals surface area contributed by atoms with Crippen molar-refractivity contribution < 1.29 is 22.4 Å². The first-order chi connectivity index (χ1) is 11.6. The molecule has 0 fully saturated rings. The van der Waals surface area contributed by atoms with Crippen LogP contribution >= 0.6 is 0 Å². The summed E-state index contributed by atoms with van der Waals surface area (Å²) in [6.45, 7) is 1.17. The van der Waals surface area contributed by atoms with Crippen LogP contribution in [0.1, 0.15) is 24.1 Å². The highest BCUT2D eigenvalue weighted by atomic mass is 19.4. The van der Waals surface area contributed by atoms with E-state index in [1.54, 1.807) is 6.92 Å². The predicted octanol–water partition coefficient (Wildman–Crippen LogP) is 3.23. The van der Waals surface area contributed by atoms with Crippen LogP contribution in [0.25, 0.3) is 0 Å². The first kappa shape index (κ1) is 18.7. The average Bonchev–Trinajstić information content (AvgIpc) is 2.55. The molecule has 0 aliphatic rings. The molecular weight excluding hydrogens is 340 g/mol. The Bertz CT molecular complexity index is 813. The van der Waals surface area contributed by atoms with Gasteiger partial charge in [0, 0.05) is 19.3 Å². The highest BCUT2D eigenvalue weighted by Gasteiger charge is 2.31. The van der Waals surface area contributed by atoms with Crippen molar-refractivity contribution in [3.63, 3.8) is 0 Å². The molecule has 0 radical (unpaired) electrons. The number of carbonyl (C=O) groups is 1. The zero-order valence-corrected chi connectivity index (χ0v) is 13.5. The Morgan fingerprint density at radius 2 is 1.76 bits per heavy atom.